The van der Waals surface area contributed by atoms with E-state index in [4.69, 9.17) is 15.2 Å². The van der Waals surface area contributed by atoms with Crippen LogP contribution in [0, 0.1) is 0 Å². The molecule has 2 aromatic carbocycles. The molecule has 4 nitrogen and oxygen atoms in total. The van der Waals surface area contributed by atoms with E-state index in [0.717, 1.165) is 21.3 Å². The van der Waals surface area contributed by atoms with Gasteiger partial charge in [-0.25, -0.2) is 0 Å². The Morgan fingerprint density at radius 3 is 2.43 bits per heavy atom. The zero-order chi connectivity index (χ0) is 15.2. The molecular weight excluding hydrogens is 334 g/mol. The second kappa shape index (κ2) is 7.13. The number of nitrogens with two attached hydrogens (primary N) is 1. The fraction of sp³-hybridized carbons (Fsp3) is 0.188. The van der Waals surface area contributed by atoms with Gasteiger partial charge in [0.05, 0.1) is 18.0 Å². The molecule has 2 aromatic rings. The van der Waals surface area contributed by atoms with Crippen LogP contribution in [0.4, 0.5) is 5.69 Å². The number of benzene rings is 2. The second-order valence-electron chi connectivity index (χ2n) is 4.55. The van der Waals surface area contributed by atoms with E-state index in [2.05, 4.69) is 15.9 Å². The van der Waals surface area contributed by atoms with Gasteiger partial charge in [0, 0.05) is 5.69 Å². The maximum Gasteiger partial charge on any atom is 0.310 e. The van der Waals surface area contributed by atoms with Gasteiger partial charge in [-0.05, 0) is 51.3 Å². The highest BCUT2D eigenvalue weighted by molar-refractivity contribution is 9.10. The normalized spacial score (nSPS) is 10.2. The molecule has 0 aliphatic rings. The Balaban J connectivity index is 1.89. The molecule has 0 aliphatic carbocycles. The summed E-state index contributed by atoms with van der Waals surface area (Å²) in [5.41, 5.74) is 8.05. The molecule has 0 spiro atoms. The van der Waals surface area contributed by atoms with Crippen LogP contribution in [-0.2, 0) is 22.6 Å². The monoisotopic (exact) mass is 349 g/mol. The SMILES string of the molecule is COc1ccc(COC(=O)Cc2ccc(N)cc2)cc1Br. The average Bonchev–Trinajstić information content (AvgIpc) is 2.48. The maximum absolute atomic E-state index is 11.8. The number of anilines is 1. The smallest absolute Gasteiger partial charge is 0.310 e. The number of carbonyl (C=O) groups is 1. The number of hydrogen-bond donors (Lipinski definition) is 1. The van der Waals surface area contributed by atoms with Crippen LogP contribution in [0.5, 0.6) is 5.75 Å². The van der Waals surface area contributed by atoms with Gasteiger partial charge >= 0.3 is 5.97 Å². The highest BCUT2D eigenvalue weighted by Crippen LogP contribution is 2.25. The molecule has 110 valence electrons. The summed E-state index contributed by atoms with van der Waals surface area (Å²) in [4.78, 5) is 11.8. The number of hydrogen-bond acceptors (Lipinski definition) is 4. The Morgan fingerprint density at radius 2 is 1.81 bits per heavy atom. The summed E-state index contributed by atoms with van der Waals surface area (Å²) in [6, 6.07) is 12.7. The lowest BCUT2D eigenvalue weighted by Crippen LogP contribution is -2.08. The highest BCUT2D eigenvalue weighted by atomic mass is 79.9. The zero-order valence-corrected chi connectivity index (χ0v) is 13.2. The summed E-state index contributed by atoms with van der Waals surface area (Å²) in [6.45, 7) is 0.233. The third-order valence-electron chi connectivity index (χ3n) is 2.94. The van der Waals surface area contributed by atoms with Crippen LogP contribution in [0.1, 0.15) is 11.1 Å². The van der Waals surface area contributed by atoms with Crippen molar-refractivity contribution in [2.45, 2.75) is 13.0 Å². The first kappa shape index (κ1) is 15.4. The molecule has 21 heavy (non-hydrogen) atoms. The van der Waals surface area contributed by atoms with Crippen molar-refractivity contribution >= 4 is 27.6 Å². The lowest BCUT2D eigenvalue weighted by Gasteiger charge is -2.08. The predicted octanol–water partition coefficient (Wildman–Crippen LogP) is 3.33. The highest BCUT2D eigenvalue weighted by Gasteiger charge is 2.07. The molecule has 0 fully saturated rings. The molecule has 0 saturated heterocycles. The van der Waals surface area contributed by atoms with Crippen LogP contribution in [0.25, 0.3) is 0 Å². The fourth-order valence-electron chi connectivity index (χ4n) is 1.82. The Bertz CT molecular complexity index is 626. The van der Waals surface area contributed by atoms with Crippen molar-refractivity contribution in [2.75, 3.05) is 12.8 Å². The number of carbonyl (C=O) groups excluding carboxylic acids is 1. The first-order valence-corrected chi connectivity index (χ1v) is 7.20. The standard InChI is InChI=1S/C16H16BrNO3/c1-20-15-7-4-12(8-14(15)17)10-21-16(19)9-11-2-5-13(18)6-3-11/h2-8H,9-10,18H2,1H3. The van der Waals surface area contributed by atoms with E-state index in [0.29, 0.717) is 5.69 Å². The van der Waals surface area contributed by atoms with E-state index in [1.807, 2.05) is 30.3 Å². The molecule has 0 heterocycles. The lowest BCUT2D eigenvalue weighted by atomic mass is 10.1. The van der Waals surface area contributed by atoms with Crippen LogP contribution in [-0.4, -0.2) is 13.1 Å². The molecule has 2 N–H and O–H groups in total. The van der Waals surface area contributed by atoms with Crippen molar-refractivity contribution in [3.63, 3.8) is 0 Å². The number of nitrogen functional groups attached to an aromatic ring is 1. The van der Waals surface area contributed by atoms with Gasteiger partial charge < -0.3 is 15.2 Å². The number of halogens is 1. The first-order chi connectivity index (χ1) is 10.1. The predicted molar refractivity (Wildman–Crippen MR) is 85.0 cm³/mol. The third kappa shape index (κ3) is 4.49. The second-order valence-corrected chi connectivity index (χ2v) is 5.40. The number of esters is 1. The van der Waals surface area contributed by atoms with E-state index in [1.165, 1.54) is 0 Å². The van der Waals surface area contributed by atoms with Crippen LogP contribution >= 0.6 is 15.9 Å². The van der Waals surface area contributed by atoms with Crippen molar-refractivity contribution < 1.29 is 14.3 Å². The molecule has 0 amide bonds. The molecule has 0 unspecified atom stereocenters. The van der Waals surface area contributed by atoms with Gasteiger partial charge in [-0.1, -0.05) is 18.2 Å². The van der Waals surface area contributed by atoms with Crippen LogP contribution in [0.15, 0.2) is 46.9 Å². The third-order valence-corrected chi connectivity index (χ3v) is 3.56. The van der Waals surface area contributed by atoms with Gasteiger partial charge in [0.25, 0.3) is 0 Å². The van der Waals surface area contributed by atoms with Crippen molar-refractivity contribution in [2.24, 2.45) is 0 Å². The maximum atomic E-state index is 11.8. The van der Waals surface area contributed by atoms with Crippen molar-refractivity contribution in [1.82, 2.24) is 0 Å². The molecule has 0 radical (unpaired) electrons. The van der Waals surface area contributed by atoms with Crippen LogP contribution < -0.4 is 10.5 Å². The topological polar surface area (TPSA) is 61.5 Å². The van der Waals surface area contributed by atoms with E-state index in [9.17, 15) is 4.79 Å². The van der Waals surface area contributed by atoms with Gasteiger partial charge in [-0.2, -0.15) is 0 Å². The number of rotatable bonds is 5. The molecular formula is C16H16BrNO3. The summed E-state index contributed by atoms with van der Waals surface area (Å²) in [5.74, 6) is 0.471. The Morgan fingerprint density at radius 1 is 1.14 bits per heavy atom. The minimum Gasteiger partial charge on any atom is -0.496 e. The lowest BCUT2D eigenvalue weighted by molar-refractivity contribution is -0.144. The average molecular weight is 350 g/mol. The zero-order valence-electron chi connectivity index (χ0n) is 11.6. The van der Waals surface area contributed by atoms with Gasteiger partial charge in [0.1, 0.15) is 12.4 Å². The summed E-state index contributed by atoms with van der Waals surface area (Å²) in [7, 11) is 1.60. The minimum atomic E-state index is -0.272. The quantitative estimate of drug-likeness (QED) is 0.664. The Labute approximate surface area is 132 Å². The van der Waals surface area contributed by atoms with E-state index < -0.39 is 0 Å². The molecule has 0 aromatic heterocycles. The minimum absolute atomic E-state index is 0.233. The molecule has 5 heteroatoms. The summed E-state index contributed by atoms with van der Waals surface area (Å²) >= 11 is 3.40. The molecule has 0 atom stereocenters. The van der Waals surface area contributed by atoms with E-state index >= 15 is 0 Å². The summed E-state index contributed by atoms with van der Waals surface area (Å²) in [6.07, 6.45) is 0.234. The van der Waals surface area contributed by atoms with Crippen molar-refractivity contribution in [3.05, 3.63) is 58.1 Å². The van der Waals surface area contributed by atoms with Crippen LogP contribution in [0.2, 0.25) is 0 Å². The van der Waals surface area contributed by atoms with Gasteiger partial charge in [-0.3, -0.25) is 4.79 Å². The Kier molecular flexibility index (Phi) is 5.22. The number of methoxy groups -OCH3 is 1. The summed E-state index contributed by atoms with van der Waals surface area (Å²) in [5, 5.41) is 0. The van der Waals surface area contributed by atoms with Crippen molar-refractivity contribution in [3.8, 4) is 5.75 Å². The largest absolute Gasteiger partial charge is 0.496 e. The van der Waals surface area contributed by atoms with Gasteiger partial charge in [0.15, 0.2) is 0 Å². The summed E-state index contributed by atoms with van der Waals surface area (Å²) < 4.78 is 11.2. The number of ether oxygens (including phenoxy) is 2. The molecule has 0 saturated carbocycles. The molecule has 2 rings (SSSR count). The van der Waals surface area contributed by atoms with Crippen molar-refractivity contribution in [1.29, 1.82) is 0 Å². The molecule has 0 bridgehead atoms. The Hall–Kier alpha value is -2.01. The van der Waals surface area contributed by atoms with Gasteiger partial charge in [-0.15, -0.1) is 0 Å². The van der Waals surface area contributed by atoms with E-state index in [-0.39, 0.29) is 19.0 Å². The fourth-order valence-corrected chi connectivity index (χ4v) is 2.40. The molecule has 0 aliphatic heterocycles. The van der Waals surface area contributed by atoms with Gasteiger partial charge in [0.2, 0.25) is 0 Å². The first-order valence-electron chi connectivity index (χ1n) is 6.41. The van der Waals surface area contributed by atoms with Crippen LogP contribution in [0.3, 0.4) is 0 Å². The van der Waals surface area contributed by atoms with E-state index in [1.54, 1.807) is 19.2 Å².